The molecule has 3 nitrogen and oxygen atoms in total. The Labute approximate surface area is 154 Å². The molecule has 0 spiro atoms. The SMILES string of the molecule is CC(C)C(NC(=O)CCCCCCN)c1cccc(C(F)(F)F)c1.Cl. The van der Waals surface area contributed by atoms with Gasteiger partial charge in [0.1, 0.15) is 0 Å². The molecular formula is C18H28ClF3N2O. The van der Waals surface area contributed by atoms with Crippen LogP contribution in [0, 0.1) is 5.92 Å². The van der Waals surface area contributed by atoms with E-state index in [2.05, 4.69) is 5.32 Å². The Morgan fingerprint density at radius 1 is 1.16 bits per heavy atom. The van der Waals surface area contributed by atoms with Gasteiger partial charge < -0.3 is 11.1 Å². The van der Waals surface area contributed by atoms with Crippen molar-refractivity contribution < 1.29 is 18.0 Å². The van der Waals surface area contributed by atoms with E-state index >= 15 is 0 Å². The third kappa shape index (κ3) is 8.59. The molecule has 1 rings (SSSR count). The van der Waals surface area contributed by atoms with Crippen molar-refractivity contribution in [3.63, 3.8) is 0 Å². The lowest BCUT2D eigenvalue weighted by molar-refractivity contribution is -0.137. The molecule has 1 unspecified atom stereocenters. The van der Waals surface area contributed by atoms with Crippen molar-refractivity contribution in [2.24, 2.45) is 11.7 Å². The van der Waals surface area contributed by atoms with Crippen molar-refractivity contribution in [1.82, 2.24) is 5.32 Å². The highest BCUT2D eigenvalue weighted by atomic mass is 35.5. The van der Waals surface area contributed by atoms with Crippen LogP contribution in [-0.4, -0.2) is 12.5 Å². The van der Waals surface area contributed by atoms with Gasteiger partial charge >= 0.3 is 6.18 Å². The third-order valence-corrected chi connectivity index (χ3v) is 3.91. The Kier molecular flexibility index (Phi) is 10.8. The van der Waals surface area contributed by atoms with Gasteiger partial charge in [-0.15, -0.1) is 12.4 Å². The maximum absolute atomic E-state index is 12.9. The molecule has 0 fully saturated rings. The number of rotatable bonds is 9. The summed E-state index contributed by atoms with van der Waals surface area (Å²) in [4.78, 5) is 12.1. The Morgan fingerprint density at radius 2 is 1.80 bits per heavy atom. The number of carbonyl (C=O) groups excluding carboxylic acids is 1. The quantitative estimate of drug-likeness (QED) is 0.602. The first kappa shape index (κ1) is 23.7. The van der Waals surface area contributed by atoms with Crippen molar-refractivity contribution in [2.75, 3.05) is 6.54 Å². The van der Waals surface area contributed by atoms with Gasteiger partial charge in [0, 0.05) is 6.42 Å². The van der Waals surface area contributed by atoms with E-state index in [4.69, 9.17) is 5.73 Å². The van der Waals surface area contributed by atoms with Crippen LogP contribution in [0.3, 0.4) is 0 Å². The molecule has 0 aliphatic rings. The maximum atomic E-state index is 12.9. The molecule has 0 heterocycles. The fourth-order valence-electron chi connectivity index (χ4n) is 2.57. The van der Waals surface area contributed by atoms with Crippen LogP contribution in [0.1, 0.15) is 63.1 Å². The minimum absolute atomic E-state index is 0. The van der Waals surface area contributed by atoms with Crippen LogP contribution in [-0.2, 0) is 11.0 Å². The van der Waals surface area contributed by atoms with Gasteiger partial charge in [-0.3, -0.25) is 4.79 Å². The van der Waals surface area contributed by atoms with Crippen LogP contribution in [0.5, 0.6) is 0 Å². The summed E-state index contributed by atoms with van der Waals surface area (Å²) in [5.74, 6) is -0.131. The zero-order valence-electron chi connectivity index (χ0n) is 14.7. The van der Waals surface area contributed by atoms with E-state index in [1.165, 1.54) is 6.07 Å². The Morgan fingerprint density at radius 3 is 2.36 bits per heavy atom. The van der Waals surface area contributed by atoms with Crippen LogP contribution >= 0.6 is 12.4 Å². The number of amides is 1. The molecule has 0 saturated carbocycles. The summed E-state index contributed by atoms with van der Waals surface area (Å²) in [6.45, 7) is 4.41. The fraction of sp³-hybridized carbons (Fsp3) is 0.611. The Balaban J connectivity index is 0.00000576. The summed E-state index contributed by atoms with van der Waals surface area (Å²) >= 11 is 0. The minimum atomic E-state index is -4.38. The van der Waals surface area contributed by atoms with Gasteiger partial charge in [-0.1, -0.05) is 38.8 Å². The highest BCUT2D eigenvalue weighted by Gasteiger charge is 2.31. The fourth-order valence-corrected chi connectivity index (χ4v) is 2.57. The standard InChI is InChI=1S/C18H27F3N2O.ClH/c1-13(2)17(23-16(24)10-5-3-4-6-11-22)14-8-7-9-15(12-14)18(19,20)21;/h7-9,12-13,17H,3-6,10-11,22H2,1-2H3,(H,23,24);1H. The molecule has 7 heteroatoms. The molecule has 0 aliphatic heterocycles. The second-order valence-corrected chi connectivity index (χ2v) is 6.37. The van der Waals surface area contributed by atoms with Crippen molar-refractivity contribution >= 4 is 18.3 Å². The largest absolute Gasteiger partial charge is 0.416 e. The van der Waals surface area contributed by atoms with Crippen molar-refractivity contribution in [3.05, 3.63) is 35.4 Å². The molecule has 0 saturated heterocycles. The van der Waals surface area contributed by atoms with E-state index in [-0.39, 0.29) is 24.2 Å². The van der Waals surface area contributed by atoms with Gasteiger partial charge in [-0.05, 0) is 43.0 Å². The first-order valence-corrected chi connectivity index (χ1v) is 8.42. The van der Waals surface area contributed by atoms with Gasteiger partial charge in [0.25, 0.3) is 0 Å². The monoisotopic (exact) mass is 380 g/mol. The number of benzene rings is 1. The summed E-state index contributed by atoms with van der Waals surface area (Å²) in [5.41, 5.74) is 5.21. The number of nitrogens with two attached hydrogens (primary N) is 1. The molecule has 3 N–H and O–H groups in total. The second kappa shape index (κ2) is 11.4. The van der Waals surface area contributed by atoms with Crippen molar-refractivity contribution in [2.45, 2.75) is 58.2 Å². The summed E-state index contributed by atoms with van der Waals surface area (Å²) in [5, 5.41) is 2.87. The zero-order valence-corrected chi connectivity index (χ0v) is 15.6. The molecule has 1 aromatic rings. The van der Waals surface area contributed by atoms with Gasteiger partial charge in [-0.2, -0.15) is 13.2 Å². The maximum Gasteiger partial charge on any atom is 0.416 e. The van der Waals surface area contributed by atoms with Gasteiger partial charge in [0.2, 0.25) is 5.91 Å². The molecule has 144 valence electrons. The Bertz CT molecular complexity index is 521. The van der Waals surface area contributed by atoms with E-state index < -0.39 is 17.8 Å². The number of alkyl halides is 3. The second-order valence-electron chi connectivity index (χ2n) is 6.37. The summed E-state index contributed by atoms with van der Waals surface area (Å²) in [7, 11) is 0. The first-order chi connectivity index (χ1) is 11.3. The number of hydrogen-bond donors (Lipinski definition) is 2. The highest BCUT2D eigenvalue weighted by molar-refractivity contribution is 5.85. The topological polar surface area (TPSA) is 55.1 Å². The normalized spacial score (nSPS) is 12.6. The summed E-state index contributed by atoms with van der Waals surface area (Å²) in [6.07, 6.45) is -0.372. The van der Waals surface area contributed by atoms with Gasteiger partial charge in [0.15, 0.2) is 0 Å². The predicted molar refractivity (Wildman–Crippen MR) is 96.6 cm³/mol. The molecule has 1 amide bonds. The molecule has 0 bridgehead atoms. The van der Waals surface area contributed by atoms with Crippen LogP contribution < -0.4 is 11.1 Å². The molecule has 0 aliphatic carbocycles. The van der Waals surface area contributed by atoms with E-state index in [0.29, 0.717) is 18.5 Å². The van der Waals surface area contributed by atoms with E-state index in [9.17, 15) is 18.0 Å². The number of hydrogen-bond acceptors (Lipinski definition) is 2. The van der Waals surface area contributed by atoms with E-state index in [1.807, 2.05) is 13.8 Å². The highest BCUT2D eigenvalue weighted by Crippen LogP contribution is 2.32. The third-order valence-electron chi connectivity index (χ3n) is 3.91. The van der Waals surface area contributed by atoms with Crippen LogP contribution in [0.15, 0.2) is 24.3 Å². The molecule has 0 radical (unpaired) electrons. The summed E-state index contributed by atoms with van der Waals surface area (Å²) in [6, 6.07) is 4.74. The Hall–Kier alpha value is -1.27. The van der Waals surface area contributed by atoms with E-state index in [0.717, 1.165) is 37.8 Å². The van der Waals surface area contributed by atoms with Crippen molar-refractivity contribution in [1.29, 1.82) is 0 Å². The molecule has 1 atom stereocenters. The number of halogens is 4. The first-order valence-electron chi connectivity index (χ1n) is 8.42. The lowest BCUT2D eigenvalue weighted by Crippen LogP contribution is -2.31. The lowest BCUT2D eigenvalue weighted by Gasteiger charge is -2.24. The molecule has 1 aromatic carbocycles. The van der Waals surface area contributed by atoms with Gasteiger partial charge in [-0.25, -0.2) is 0 Å². The number of unbranched alkanes of at least 4 members (excludes halogenated alkanes) is 3. The number of nitrogens with one attached hydrogen (secondary N) is 1. The molecule has 25 heavy (non-hydrogen) atoms. The van der Waals surface area contributed by atoms with Gasteiger partial charge in [0.05, 0.1) is 11.6 Å². The lowest BCUT2D eigenvalue weighted by atomic mass is 9.94. The summed E-state index contributed by atoms with van der Waals surface area (Å²) < 4.78 is 38.6. The van der Waals surface area contributed by atoms with Crippen LogP contribution in [0.4, 0.5) is 13.2 Å². The predicted octanol–water partition coefficient (Wildman–Crippen LogP) is 4.85. The zero-order chi connectivity index (χ0) is 18.2. The average molecular weight is 381 g/mol. The van der Waals surface area contributed by atoms with Crippen molar-refractivity contribution in [3.8, 4) is 0 Å². The van der Waals surface area contributed by atoms with E-state index in [1.54, 1.807) is 6.07 Å². The molecule has 0 aromatic heterocycles. The smallest absolute Gasteiger partial charge is 0.349 e. The minimum Gasteiger partial charge on any atom is -0.349 e. The van der Waals surface area contributed by atoms with Crippen LogP contribution in [0.2, 0.25) is 0 Å². The van der Waals surface area contributed by atoms with Crippen LogP contribution in [0.25, 0.3) is 0 Å². The number of carbonyl (C=O) groups is 1. The molecular weight excluding hydrogens is 353 g/mol. The average Bonchev–Trinajstić information content (AvgIpc) is 2.51.